The highest BCUT2D eigenvalue weighted by Gasteiger charge is 2.56. The lowest BCUT2D eigenvalue weighted by Gasteiger charge is -2.36. The van der Waals surface area contributed by atoms with E-state index < -0.39 is 30.2 Å². The molecule has 3 aromatic carbocycles. The third-order valence-electron chi connectivity index (χ3n) is 14.6. The number of H-pyrrole nitrogens is 2. The number of alkyl halides is 2. The van der Waals surface area contributed by atoms with E-state index in [0.29, 0.717) is 69.2 Å². The highest BCUT2D eigenvalue weighted by molar-refractivity contribution is 5.89. The normalized spacial score (nSPS) is 22.5. The molecule has 2 aliphatic heterocycles. The number of methoxy groups -OCH3 is 2. The van der Waals surface area contributed by atoms with E-state index in [9.17, 15) is 24.4 Å². The van der Waals surface area contributed by atoms with Crippen LogP contribution in [0.1, 0.15) is 100 Å². The fourth-order valence-corrected chi connectivity index (χ4v) is 11.0. The first kappa shape index (κ1) is 43.1. The zero-order valence-corrected chi connectivity index (χ0v) is 37.1. The van der Waals surface area contributed by atoms with Gasteiger partial charge in [0.2, 0.25) is 11.8 Å². The molecule has 10 rings (SSSR count). The van der Waals surface area contributed by atoms with Crippen LogP contribution in [0.25, 0.3) is 44.5 Å². The second-order valence-corrected chi connectivity index (χ2v) is 19.0. The number of carbonyl (C=O) groups is 4. The maximum absolute atomic E-state index is 16.7. The summed E-state index contributed by atoms with van der Waals surface area (Å²) in [7, 11) is 2.49. The molecule has 0 unspecified atom stereocenters. The summed E-state index contributed by atoms with van der Waals surface area (Å²) < 4.78 is 42.9. The van der Waals surface area contributed by atoms with Gasteiger partial charge in [0.05, 0.1) is 55.3 Å². The number of halogens is 2. The maximum atomic E-state index is 16.7. The van der Waals surface area contributed by atoms with Crippen LogP contribution in [-0.4, -0.2) is 92.6 Å². The van der Waals surface area contributed by atoms with Gasteiger partial charge < -0.3 is 39.9 Å². The summed E-state index contributed by atoms with van der Waals surface area (Å²) >= 11 is 0. The van der Waals surface area contributed by atoms with E-state index >= 15 is 8.78 Å². The van der Waals surface area contributed by atoms with Crippen molar-refractivity contribution in [2.75, 3.05) is 20.8 Å². The molecule has 6 atom stereocenters. The molecule has 3 aliphatic carbocycles. The first-order valence-corrected chi connectivity index (χ1v) is 22.6. The van der Waals surface area contributed by atoms with Crippen molar-refractivity contribution in [2.24, 2.45) is 17.3 Å². The Morgan fingerprint density at radius 1 is 0.894 bits per heavy atom. The molecule has 4 amide bonds. The average Bonchev–Trinajstić information content (AvgIpc) is 3.98. The highest BCUT2D eigenvalue weighted by atomic mass is 19.3. The Morgan fingerprint density at radius 3 is 2.27 bits per heavy atom. The monoisotopic (exact) mass is 899 g/mol. The number of nitrogens with zero attached hydrogens (tertiary/aromatic N) is 5. The minimum absolute atomic E-state index is 0.00300. The summed E-state index contributed by atoms with van der Waals surface area (Å²) in [4.78, 5) is 72.3. The van der Waals surface area contributed by atoms with E-state index in [-0.39, 0.29) is 71.2 Å². The van der Waals surface area contributed by atoms with Crippen molar-refractivity contribution in [1.29, 1.82) is 5.26 Å². The molecule has 4 heterocycles. The fraction of sp³-hybridized carbons (Fsp3) is 0.449. The number of benzene rings is 3. The van der Waals surface area contributed by atoms with Crippen molar-refractivity contribution < 1.29 is 37.4 Å². The Kier molecular flexibility index (Phi) is 10.6. The third kappa shape index (κ3) is 7.30. The van der Waals surface area contributed by atoms with Crippen LogP contribution in [0.3, 0.4) is 0 Å². The van der Waals surface area contributed by atoms with Gasteiger partial charge in [0.15, 0.2) is 0 Å². The van der Waals surface area contributed by atoms with E-state index in [1.54, 1.807) is 35.4 Å². The summed E-state index contributed by atoms with van der Waals surface area (Å²) in [5.74, 6) is -2.64. The van der Waals surface area contributed by atoms with Crippen molar-refractivity contribution in [2.45, 2.75) is 101 Å². The molecule has 15 nitrogen and oxygen atoms in total. The predicted octanol–water partition coefficient (Wildman–Crippen LogP) is 8.26. The van der Waals surface area contributed by atoms with Crippen LogP contribution >= 0.6 is 0 Å². The summed E-state index contributed by atoms with van der Waals surface area (Å²) in [6.45, 7) is 4.28. The van der Waals surface area contributed by atoms with Crippen molar-refractivity contribution in [3.8, 4) is 39.6 Å². The number of alkyl carbamates (subject to hydrolysis) is 2. The van der Waals surface area contributed by atoms with Gasteiger partial charge in [-0.15, -0.1) is 0 Å². The van der Waals surface area contributed by atoms with Crippen LogP contribution < -0.4 is 10.6 Å². The number of imidazole rings is 2. The quantitative estimate of drug-likeness (QED) is 0.101. The molecule has 2 bridgehead atoms. The van der Waals surface area contributed by atoms with Crippen LogP contribution in [0.15, 0.2) is 60.8 Å². The van der Waals surface area contributed by atoms with Crippen molar-refractivity contribution >= 4 is 35.0 Å². The second-order valence-electron chi connectivity index (χ2n) is 19.0. The number of amides is 4. The number of ether oxygens (including phenoxy) is 2. The second kappa shape index (κ2) is 16.2. The Morgan fingerprint density at radius 2 is 1.58 bits per heavy atom. The van der Waals surface area contributed by atoms with Crippen molar-refractivity contribution in [3.05, 3.63) is 83.6 Å². The number of hydrogen-bond donors (Lipinski definition) is 4. The topological polar surface area (TPSA) is 198 Å². The number of nitrogens with one attached hydrogen (secondary N) is 4. The Balaban J connectivity index is 0.892. The molecule has 1 spiro atoms. The third-order valence-corrected chi connectivity index (χ3v) is 14.6. The Hall–Kier alpha value is -6.83. The lowest BCUT2D eigenvalue weighted by atomic mass is 9.97. The van der Waals surface area contributed by atoms with Gasteiger partial charge in [0.25, 0.3) is 5.92 Å². The van der Waals surface area contributed by atoms with Crippen LogP contribution in [-0.2, 0) is 25.0 Å². The molecule has 66 heavy (non-hydrogen) atoms. The number of rotatable bonds is 11. The standard InChI is InChI=1S/C49H51F2N9O6/c1-25(2)40(58-47(64)66-4)45(62)59-24-48(15-16-48)22-39(59)42-53-23-38(56-42)28-9-13-32-31-12-8-26(19-33(31)49(50,51)34(32)20-28)27-10-14-35-37(21-27)55-43(54-35)41-29-7-11-30(18-29)60(41)44(61)36(6-5-17-52)57-46(63)65-3/h8-10,12-14,19-21,23,25,29-30,36,39-41H,5-7,11,15-16,18,22,24H2,1-4H3,(H,53,56)(H,54,55)(H,57,63)(H,58,64)/t29-,30-,36+,39+,40+,41+/m1/s1. The maximum Gasteiger partial charge on any atom is 0.407 e. The smallest absolute Gasteiger partial charge is 0.407 e. The number of piperidine rings is 1. The van der Waals surface area contributed by atoms with E-state index in [2.05, 4.69) is 26.7 Å². The highest BCUT2D eigenvalue weighted by Crippen LogP contribution is 2.59. The first-order valence-electron chi connectivity index (χ1n) is 22.6. The van der Waals surface area contributed by atoms with Gasteiger partial charge in [-0.3, -0.25) is 9.59 Å². The fourth-order valence-electron chi connectivity index (χ4n) is 11.0. The molecular weight excluding hydrogens is 849 g/mol. The first-order chi connectivity index (χ1) is 31.7. The minimum atomic E-state index is -3.30. The largest absolute Gasteiger partial charge is 0.453 e. The van der Waals surface area contributed by atoms with E-state index in [1.807, 2.05) is 43.0 Å². The van der Waals surface area contributed by atoms with Crippen LogP contribution in [0.4, 0.5) is 18.4 Å². The van der Waals surface area contributed by atoms with Crippen LogP contribution in [0.2, 0.25) is 0 Å². The molecule has 17 heteroatoms. The van der Waals surface area contributed by atoms with E-state index in [1.165, 1.54) is 20.3 Å². The Labute approximate surface area is 379 Å². The lowest BCUT2D eigenvalue weighted by Crippen LogP contribution is -2.51. The lowest BCUT2D eigenvalue weighted by molar-refractivity contribution is -0.138. The number of likely N-dealkylation sites (tertiary alicyclic amines) is 2. The van der Waals surface area contributed by atoms with E-state index in [0.717, 1.165) is 32.1 Å². The van der Waals surface area contributed by atoms with Gasteiger partial charge in [-0.2, -0.15) is 14.0 Å². The molecule has 2 aromatic heterocycles. The predicted molar refractivity (Wildman–Crippen MR) is 237 cm³/mol. The van der Waals surface area contributed by atoms with Crippen molar-refractivity contribution in [3.63, 3.8) is 0 Å². The van der Waals surface area contributed by atoms with Gasteiger partial charge in [-0.05, 0) is 109 Å². The van der Waals surface area contributed by atoms with Crippen LogP contribution in [0.5, 0.6) is 0 Å². The van der Waals surface area contributed by atoms with Gasteiger partial charge in [-0.1, -0.05) is 44.2 Å². The van der Waals surface area contributed by atoms with E-state index in [4.69, 9.17) is 19.4 Å². The number of nitriles is 1. The summed E-state index contributed by atoms with van der Waals surface area (Å²) in [5.41, 5.74) is 4.47. The molecule has 5 aromatic rings. The minimum Gasteiger partial charge on any atom is -0.453 e. The van der Waals surface area contributed by atoms with Crippen molar-refractivity contribution in [1.82, 2.24) is 40.4 Å². The molecule has 342 valence electrons. The zero-order valence-electron chi connectivity index (χ0n) is 37.1. The summed E-state index contributed by atoms with van der Waals surface area (Å²) in [6.07, 6.45) is 5.70. The Bertz CT molecular complexity index is 2830. The van der Waals surface area contributed by atoms with Crippen LogP contribution in [0, 0.1) is 28.6 Å². The van der Waals surface area contributed by atoms with Gasteiger partial charge >= 0.3 is 12.2 Å². The number of hydrogen-bond acceptors (Lipinski definition) is 9. The molecule has 4 N–H and O–H groups in total. The molecule has 2 saturated heterocycles. The number of carbonyl (C=O) groups excluding carboxylic acids is 4. The number of aromatic amines is 2. The average molecular weight is 900 g/mol. The molecule has 2 saturated carbocycles. The molecular formula is C49H51F2N9O6. The van der Waals surface area contributed by atoms with Gasteiger partial charge in [-0.25, -0.2) is 19.6 Å². The number of aromatic nitrogens is 4. The number of fused-ring (bicyclic) bond motifs is 6. The molecule has 4 fully saturated rings. The SMILES string of the molecule is COC(=O)N[C@@H](CCC#N)C(=O)N1[C@@H]2CC[C@H](C2)[C@H]1c1nc2ccc(-c3ccc4c(c3)C(F)(F)c3cc(-c5cnc([C@@H]6CC7(CC7)CN6C(=O)[C@@H](NC(=O)OC)C(C)C)[nH]5)ccc3-4)cc2[nH]1. The summed E-state index contributed by atoms with van der Waals surface area (Å²) in [5, 5.41) is 14.6. The zero-order chi connectivity index (χ0) is 46.2. The van der Waals surface area contributed by atoms with Gasteiger partial charge in [0.1, 0.15) is 23.7 Å². The summed E-state index contributed by atoms with van der Waals surface area (Å²) in [6, 6.07) is 15.4. The van der Waals surface area contributed by atoms with Gasteiger partial charge in [0, 0.05) is 35.7 Å². The molecule has 5 aliphatic rings. The molecule has 0 radical (unpaired) electrons.